The van der Waals surface area contributed by atoms with Crippen LogP contribution in [0.25, 0.3) is 0 Å². The fraction of sp³-hybridized carbons (Fsp3) is 0.409. The van der Waals surface area contributed by atoms with Gasteiger partial charge in [0.15, 0.2) is 5.76 Å². The number of furan rings is 1. The summed E-state index contributed by atoms with van der Waals surface area (Å²) in [5.41, 5.74) is 2.09. The molecule has 29 heavy (non-hydrogen) atoms. The van der Waals surface area contributed by atoms with Gasteiger partial charge in [-0.2, -0.15) is 0 Å². The third-order valence-corrected chi connectivity index (χ3v) is 5.97. The number of hydrogen-bond acceptors (Lipinski definition) is 4. The molecule has 2 amide bonds. The van der Waals surface area contributed by atoms with Gasteiger partial charge in [-0.15, -0.1) is 0 Å². The Kier molecular flexibility index (Phi) is 5.38. The topological polar surface area (TPSA) is 99.9 Å². The lowest BCUT2D eigenvalue weighted by atomic mass is 9.85. The van der Waals surface area contributed by atoms with Crippen molar-refractivity contribution >= 4 is 17.8 Å². The van der Waals surface area contributed by atoms with Gasteiger partial charge >= 0.3 is 5.97 Å². The van der Waals surface area contributed by atoms with Crippen molar-refractivity contribution in [1.82, 2.24) is 10.2 Å². The maximum atomic E-state index is 13.1. The highest BCUT2D eigenvalue weighted by Crippen LogP contribution is 2.27. The van der Waals surface area contributed by atoms with Crippen molar-refractivity contribution in [1.29, 1.82) is 0 Å². The summed E-state index contributed by atoms with van der Waals surface area (Å²) in [6, 6.07) is 10.4. The largest absolute Gasteiger partial charge is 0.481 e. The van der Waals surface area contributed by atoms with E-state index in [9.17, 15) is 14.4 Å². The Balaban J connectivity index is 1.50. The minimum absolute atomic E-state index is 0.0594. The molecule has 1 aliphatic carbocycles. The van der Waals surface area contributed by atoms with E-state index < -0.39 is 12.0 Å². The Morgan fingerprint density at radius 1 is 1.00 bits per heavy atom. The molecule has 1 saturated carbocycles. The van der Waals surface area contributed by atoms with Crippen LogP contribution in [0, 0.1) is 5.92 Å². The zero-order valence-electron chi connectivity index (χ0n) is 16.0. The molecule has 2 aliphatic rings. The summed E-state index contributed by atoms with van der Waals surface area (Å²) in [5, 5.41) is 12.2. The van der Waals surface area contributed by atoms with E-state index in [0.29, 0.717) is 38.6 Å². The van der Waals surface area contributed by atoms with Crippen LogP contribution < -0.4 is 5.32 Å². The Morgan fingerprint density at radius 3 is 2.38 bits per heavy atom. The number of carboxylic acids is 1. The monoisotopic (exact) mass is 396 g/mol. The van der Waals surface area contributed by atoms with Crippen LogP contribution in [0.2, 0.25) is 0 Å². The molecule has 0 spiro atoms. The number of amides is 2. The third-order valence-electron chi connectivity index (χ3n) is 5.97. The first-order chi connectivity index (χ1) is 14.0. The van der Waals surface area contributed by atoms with Gasteiger partial charge in [-0.05, 0) is 48.9 Å². The summed E-state index contributed by atoms with van der Waals surface area (Å²) in [5.74, 6) is -1.39. The minimum atomic E-state index is -0.770. The SMILES string of the molecule is O=C(O)C1CCC(NC(=O)C2Cc3ccccc3CN2C(=O)c2ccco2)CC1. The van der Waals surface area contributed by atoms with Gasteiger partial charge in [-0.3, -0.25) is 14.4 Å². The number of carbonyl (C=O) groups excluding carboxylic acids is 2. The number of nitrogens with zero attached hydrogens (tertiary/aromatic N) is 1. The molecule has 2 N–H and O–H groups in total. The molecule has 1 unspecified atom stereocenters. The molecule has 1 atom stereocenters. The fourth-order valence-corrected chi connectivity index (χ4v) is 4.29. The first-order valence-corrected chi connectivity index (χ1v) is 9.97. The van der Waals surface area contributed by atoms with Crippen molar-refractivity contribution in [2.24, 2.45) is 5.92 Å². The Bertz CT molecular complexity index is 900. The molecule has 1 fully saturated rings. The van der Waals surface area contributed by atoms with Crippen LogP contribution in [0.5, 0.6) is 0 Å². The molecule has 7 heteroatoms. The minimum Gasteiger partial charge on any atom is -0.481 e. The zero-order valence-corrected chi connectivity index (χ0v) is 16.0. The van der Waals surface area contributed by atoms with E-state index in [1.54, 1.807) is 17.0 Å². The maximum Gasteiger partial charge on any atom is 0.306 e. The molecule has 0 radical (unpaired) electrons. The average Bonchev–Trinajstić information content (AvgIpc) is 3.27. The van der Waals surface area contributed by atoms with Crippen LogP contribution in [0.4, 0.5) is 0 Å². The predicted molar refractivity (Wildman–Crippen MR) is 104 cm³/mol. The highest BCUT2D eigenvalue weighted by Gasteiger charge is 2.37. The average molecular weight is 396 g/mol. The lowest BCUT2D eigenvalue weighted by Gasteiger charge is -2.37. The molecule has 0 bridgehead atoms. The van der Waals surface area contributed by atoms with Gasteiger partial charge in [0, 0.05) is 19.0 Å². The Morgan fingerprint density at radius 2 is 1.72 bits per heavy atom. The van der Waals surface area contributed by atoms with Gasteiger partial charge in [0.2, 0.25) is 5.91 Å². The van der Waals surface area contributed by atoms with Crippen molar-refractivity contribution in [3.05, 3.63) is 59.5 Å². The van der Waals surface area contributed by atoms with E-state index in [0.717, 1.165) is 11.1 Å². The van der Waals surface area contributed by atoms with Crippen LogP contribution in [0.1, 0.15) is 47.4 Å². The summed E-state index contributed by atoms with van der Waals surface area (Å²) in [6.07, 6.45) is 4.28. The quantitative estimate of drug-likeness (QED) is 0.828. The first-order valence-electron chi connectivity index (χ1n) is 9.97. The van der Waals surface area contributed by atoms with Gasteiger partial charge in [0.1, 0.15) is 6.04 Å². The molecular weight excluding hydrogens is 372 g/mol. The summed E-state index contributed by atoms with van der Waals surface area (Å²) in [6.45, 7) is 0.347. The summed E-state index contributed by atoms with van der Waals surface area (Å²) in [4.78, 5) is 38.8. The number of hydrogen-bond donors (Lipinski definition) is 2. The van der Waals surface area contributed by atoms with Crippen molar-refractivity contribution in [3.63, 3.8) is 0 Å². The Labute approximate surface area is 168 Å². The number of nitrogens with one attached hydrogen (secondary N) is 1. The second-order valence-corrected chi connectivity index (χ2v) is 7.79. The van der Waals surface area contributed by atoms with E-state index in [4.69, 9.17) is 9.52 Å². The maximum absolute atomic E-state index is 13.1. The smallest absolute Gasteiger partial charge is 0.306 e. The molecule has 152 valence electrons. The van der Waals surface area contributed by atoms with Gasteiger partial charge in [0.05, 0.1) is 12.2 Å². The Hall–Kier alpha value is -3.09. The second-order valence-electron chi connectivity index (χ2n) is 7.79. The van der Waals surface area contributed by atoms with Crippen LogP contribution in [-0.4, -0.2) is 39.9 Å². The molecular formula is C22H24N2O5. The number of fused-ring (bicyclic) bond motifs is 1. The number of aliphatic carboxylic acids is 1. The van der Waals surface area contributed by atoms with Crippen LogP contribution in [0.3, 0.4) is 0 Å². The molecule has 4 rings (SSSR count). The molecule has 1 aromatic carbocycles. The van der Waals surface area contributed by atoms with Crippen molar-refractivity contribution in [2.75, 3.05) is 0 Å². The van der Waals surface area contributed by atoms with Gasteiger partial charge < -0.3 is 19.7 Å². The van der Waals surface area contributed by atoms with Gasteiger partial charge in [-0.25, -0.2) is 0 Å². The third kappa shape index (κ3) is 4.04. The predicted octanol–water partition coefficient (Wildman–Crippen LogP) is 2.61. The van der Waals surface area contributed by atoms with Crippen molar-refractivity contribution in [3.8, 4) is 0 Å². The number of benzene rings is 1. The van der Waals surface area contributed by atoms with Crippen LogP contribution in [-0.2, 0) is 22.6 Å². The normalized spacial score (nSPS) is 23.9. The highest BCUT2D eigenvalue weighted by molar-refractivity contribution is 5.96. The number of rotatable bonds is 4. The van der Waals surface area contributed by atoms with Crippen LogP contribution >= 0.6 is 0 Å². The highest BCUT2D eigenvalue weighted by atomic mass is 16.4. The lowest BCUT2D eigenvalue weighted by Crippen LogP contribution is -2.54. The van der Waals surface area contributed by atoms with Gasteiger partial charge in [0.25, 0.3) is 5.91 Å². The van der Waals surface area contributed by atoms with E-state index in [1.165, 1.54) is 6.26 Å². The molecule has 1 aromatic heterocycles. The first kappa shape index (κ1) is 19.2. The number of carbonyl (C=O) groups is 3. The van der Waals surface area contributed by atoms with E-state index in [1.807, 2.05) is 24.3 Å². The van der Waals surface area contributed by atoms with E-state index in [-0.39, 0.29) is 29.5 Å². The molecule has 2 aromatic rings. The summed E-state index contributed by atoms with van der Waals surface area (Å²) < 4.78 is 5.27. The zero-order chi connectivity index (χ0) is 20.4. The second kappa shape index (κ2) is 8.11. The fourth-order valence-electron chi connectivity index (χ4n) is 4.29. The van der Waals surface area contributed by atoms with E-state index >= 15 is 0 Å². The van der Waals surface area contributed by atoms with Crippen molar-refractivity contribution < 1.29 is 23.9 Å². The van der Waals surface area contributed by atoms with E-state index in [2.05, 4.69) is 5.32 Å². The van der Waals surface area contributed by atoms with Crippen molar-refractivity contribution in [2.45, 2.75) is 50.7 Å². The standard InChI is InChI=1S/C22H24N2O5/c25-20(23-17-9-7-14(8-10-17)22(27)28)18-12-15-4-1-2-5-16(15)13-24(18)21(26)19-6-3-11-29-19/h1-6,11,14,17-18H,7-10,12-13H2,(H,23,25)(H,27,28). The molecule has 1 aliphatic heterocycles. The summed E-state index contributed by atoms with van der Waals surface area (Å²) in [7, 11) is 0. The molecule has 0 saturated heterocycles. The molecule has 2 heterocycles. The van der Waals surface area contributed by atoms with Gasteiger partial charge in [-0.1, -0.05) is 24.3 Å². The van der Waals surface area contributed by atoms with Crippen LogP contribution in [0.15, 0.2) is 47.1 Å². The number of carboxylic acid groups (broad SMARTS) is 1. The summed E-state index contributed by atoms with van der Waals surface area (Å²) >= 11 is 0. The molecule has 7 nitrogen and oxygen atoms in total. The lowest BCUT2D eigenvalue weighted by molar-refractivity contribution is -0.142.